The van der Waals surface area contributed by atoms with Crippen molar-refractivity contribution in [2.75, 3.05) is 6.54 Å². The average Bonchev–Trinajstić information content (AvgIpc) is 2.52. The van der Waals surface area contributed by atoms with Crippen molar-refractivity contribution < 1.29 is 9.59 Å². The summed E-state index contributed by atoms with van der Waals surface area (Å²) in [6.45, 7) is 2.61. The molecule has 1 saturated heterocycles. The first-order valence-electron chi connectivity index (χ1n) is 4.28. The van der Waals surface area contributed by atoms with Gasteiger partial charge in [-0.15, -0.1) is 0 Å². The number of carbonyl (C=O) groups excluding carboxylic acids is 2. The molecule has 0 aromatic rings. The van der Waals surface area contributed by atoms with Crippen LogP contribution < -0.4 is 5.32 Å². The molecule has 0 radical (unpaired) electrons. The van der Waals surface area contributed by atoms with Gasteiger partial charge >= 0.3 is 0 Å². The number of nitrogens with one attached hydrogen (secondary N) is 1. The number of amides is 2. The van der Waals surface area contributed by atoms with Crippen LogP contribution in [0.25, 0.3) is 0 Å². The molecular formula is C8H14N2O2. The van der Waals surface area contributed by atoms with E-state index >= 15 is 0 Å². The molecule has 1 rings (SSSR count). The monoisotopic (exact) mass is 170 g/mol. The van der Waals surface area contributed by atoms with Gasteiger partial charge in [-0.3, -0.25) is 9.59 Å². The largest absolute Gasteiger partial charge is 0.338 e. The smallest absolute Gasteiger partial charge is 0.223 e. The Balaban J connectivity index is 2.50. The molecule has 68 valence electrons. The minimum atomic E-state index is -0.0602. The Morgan fingerprint density at radius 2 is 2.50 bits per heavy atom. The fourth-order valence-electron chi connectivity index (χ4n) is 1.52. The standard InChI is InChI=1S/C8H14N2O2/c1-2-8(12)10-5-3-4-7(10)9-6-11/h6-7H,2-5H2,1H3,(H,9,11). The summed E-state index contributed by atoms with van der Waals surface area (Å²) in [5.41, 5.74) is 0. The van der Waals surface area contributed by atoms with Gasteiger partial charge in [0.15, 0.2) is 0 Å². The van der Waals surface area contributed by atoms with Crippen LogP contribution in [0, 0.1) is 0 Å². The number of hydrogen-bond acceptors (Lipinski definition) is 2. The van der Waals surface area contributed by atoms with Crippen LogP contribution in [0.2, 0.25) is 0 Å². The summed E-state index contributed by atoms with van der Waals surface area (Å²) in [6, 6.07) is 0. The van der Waals surface area contributed by atoms with Crippen molar-refractivity contribution in [3.8, 4) is 0 Å². The summed E-state index contributed by atoms with van der Waals surface area (Å²) in [5, 5.41) is 2.63. The first-order valence-corrected chi connectivity index (χ1v) is 4.28. The van der Waals surface area contributed by atoms with Crippen LogP contribution in [-0.4, -0.2) is 29.9 Å². The first kappa shape index (κ1) is 9.03. The van der Waals surface area contributed by atoms with Gasteiger partial charge in [-0.05, 0) is 12.8 Å². The summed E-state index contributed by atoms with van der Waals surface area (Å²) in [5.74, 6) is 0.117. The summed E-state index contributed by atoms with van der Waals surface area (Å²) in [4.78, 5) is 23.2. The van der Waals surface area contributed by atoms with Crippen LogP contribution in [0.3, 0.4) is 0 Å². The Morgan fingerprint density at radius 3 is 3.08 bits per heavy atom. The summed E-state index contributed by atoms with van der Waals surface area (Å²) < 4.78 is 0. The molecule has 1 atom stereocenters. The van der Waals surface area contributed by atoms with Crippen molar-refractivity contribution in [2.24, 2.45) is 0 Å². The second-order valence-electron chi connectivity index (χ2n) is 2.88. The van der Waals surface area contributed by atoms with Gasteiger partial charge in [-0.1, -0.05) is 6.92 Å². The van der Waals surface area contributed by atoms with E-state index in [4.69, 9.17) is 0 Å². The predicted molar refractivity (Wildman–Crippen MR) is 44.2 cm³/mol. The predicted octanol–water partition coefficient (Wildman–Crippen LogP) is 0.0909. The van der Waals surface area contributed by atoms with Crippen molar-refractivity contribution in [1.29, 1.82) is 0 Å². The number of likely N-dealkylation sites (tertiary alicyclic amines) is 1. The van der Waals surface area contributed by atoms with E-state index in [-0.39, 0.29) is 12.1 Å². The molecule has 4 heteroatoms. The fraction of sp³-hybridized carbons (Fsp3) is 0.750. The lowest BCUT2D eigenvalue weighted by Crippen LogP contribution is -2.43. The molecule has 0 aromatic heterocycles. The van der Waals surface area contributed by atoms with Gasteiger partial charge in [-0.25, -0.2) is 0 Å². The summed E-state index contributed by atoms with van der Waals surface area (Å²) >= 11 is 0. The van der Waals surface area contributed by atoms with Crippen LogP contribution in [0.4, 0.5) is 0 Å². The van der Waals surface area contributed by atoms with Crippen LogP contribution in [0.5, 0.6) is 0 Å². The lowest BCUT2D eigenvalue weighted by atomic mass is 10.3. The molecule has 1 aliphatic rings. The highest BCUT2D eigenvalue weighted by Crippen LogP contribution is 2.15. The first-order chi connectivity index (χ1) is 5.79. The molecule has 0 bridgehead atoms. The molecule has 1 heterocycles. The number of nitrogens with zero attached hydrogens (tertiary/aromatic N) is 1. The van der Waals surface area contributed by atoms with Crippen molar-refractivity contribution in [1.82, 2.24) is 10.2 Å². The Hall–Kier alpha value is -1.06. The maximum atomic E-state index is 11.3. The highest BCUT2D eigenvalue weighted by Gasteiger charge is 2.26. The van der Waals surface area contributed by atoms with Crippen LogP contribution in [0.1, 0.15) is 26.2 Å². The second kappa shape index (κ2) is 4.09. The Morgan fingerprint density at radius 1 is 1.75 bits per heavy atom. The van der Waals surface area contributed by atoms with Crippen molar-refractivity contribution >= 4 is 12.3 Å². The highest BCUT2D eigenvalue weighted by atomic mass is 16.2. The molecule has 0 spiro atoms. The lowest BCUT2D eigenvalue weighted by molar-refractivity contribution is -0.132. The number of carbonyl (C=O) groups is 2. The van der Waals surface area contributed by atoms with Crippen LogP contribution in [-0.2, 0) is 9.59 Å². The quantitative estimate of drug-likeness (QED) is 0.610. The SMILES string of the molecule is CCC(=O)N1CCCC1NC=O. The molecule has 1 N–H and O–H groups in total. The van der Waals surface area contributed by atoms with Crippen molar-refractivity contribution in [3.63, 3.8) is 0 Å². The van der Waals surface area contributed by atoms with Crippen LogP contribution >= 0.6 is 0 Å². The summed E-state index contributed by atoms with van der Waals surface area (Å²) in [7, 11) is 0. The van der Waals surface area contributed by atoms with E-state index in [1.54, 1.807) is 4.90 Å². The van der Waals surface area contributed by atoms with Gasteiger partial charge < -0.3 is 10.2 Å². The zero-order valence-electron chi connectivity index (χ0n) is 7.25. The van der Waals surface area contributed by atoms with Gasteiger partial charge in [0.1, 0.15) is 6.17 Å². The topological polar surface area (TPSA) is 49.4 Å². The maximum absolute atomic E-state index is 11.3. The molecule has 1 aliphatic heterocycles. The van der Waals surface area contributed by atoms with Gasteiger partial charge in [0, 0.05) is 13.0 Å². The molecular weight excluding hydrogens is 156 g/mol. The van der Waals surface area contributed by atoms with Gasteiger partial charge in [0.05, 0.1) is 0 Å². The van der Waals surface area contributed by atoms with Gasteiger partial charge in [0.25, 0.3) is 0 Å². The average molecular weight is 170 g/mol. The van der Waals surface area contributed by atoms with E-state index in [0.29, 0.717) is 12.8 Å². The summed E-state index contributed by atoms with van der Waals surface area (Å²) in [6.07, 6.45) is 2.97. The molecule has 0 saturated carbocycles. The Kier molecular flexibility index (Phi) is 3.08. The van der Waals surface area contributed by atoms with Gasteiger partial charge in [-0.2, -0.15) is 0 Å². The van der Waals surface area contributed by atoms with E-state index in [1.807, 2.05) is 6.92 Å². The van der Waals surface area contributed by atoms with E-state index in [1.165, 1.54) is 0 Å². The van der Waals surface area contributed by atoms with E-state index in [0.717, 1.165) is 19.4 Å². The maximum Gasteiger partial charge on any atom is 0.223 e. The van der Waals surface area contributed by atoms with E-state index in [9.17, 15) is 9.59 Å². The molecule has 0 aromatic carbocycles. The Labute approximate surface area is 71.9 Å². The van der Waals surface area contributed by atoms with E-state index in [2.05, 4.69) is 5.32 Å². The van der Waals surface area contributed by atoms with Crippen molar-refractivity contribution in [3.05, 3.63) is 0 Å². The third-order valence-electron chi connectivity index (χ3n) is 2.14. The third-order valence-corrected chi connectivity index (χ3v) is 2.14. The molecule has 2 amide bonds. The molecule has 12 heavy (non-hydrogen) atoms. The normalized spacial score (nSPS) is 22.4. The highest BCUT2D eigenvalue weighted by molar-refractivity contribution is 5.76. The fourth-order valence-corrected chi connectivity index (χ4v) is 1.52. The zero-order valence-corrected chi connectivity index (χ0v) is 7.25. The number of rotatable bonds is 3. The number of hydrogen-bond donors (Lipinski definition) is 1. The molecule has 0 aliphatic carbocycles. The minimum absolute atomic E-state index is 0.0602. The zero-order chi connectivity index (χ0) is 8.97. The minimum Gasteiger partial charge on any atom is -0.338 e. The molecule has 1 unspecified atom stereocenters. The van der Waals surface area contributed by atoms with E-state index < -0.39 is 0 Å². The van der Waals surface area contributed by atoms with Crippen LogP contribution in [0.15, 0.2) is 0 Å². The van der Waals surface area contributed by atoms with Gasteiger partial charge in [0.2, 0.25) is 12.3 Å². The molecule has 4 nitrogen and oxygen atoms in total. The molecule has 1 fully saturated rings. The lowest BCUT2D eigenvalue weighted by Gasteiger charge is -2.23. The Bertz CT molecular complexity index is 182. The second-order valence-corrected chi connectivity index (χ2v) is 2.88. The third kappa shape index (κ3) is 1.75. The van der Waals surface area contributed by atoms with Crippen molar-refractivity contribution in [2.45, 2.75) is 32.4 Å².